The molecule has 0 spiro atoms. The lowest BCUT2D eigenvalue weighted by Crippen LogP contribution is -2.27. The highest BCUT2D eigenvalue weighted by Gasteiger charge is 2.29. The van der Waals surface area contributed by atoms with Crippen LogP contribution in [0.15, 0.2) is 0 Å². The van der Waals surface area contributed by atoms with Crippen LogP contribution in [0.25, 0.3) is 0 Å². The summed E-state index contributed by atoms with van der Waals surface area (Å²) >= 11 is 1.53. The molecule has 2 aliphatic rings. The van der Waals surface area contributed by atoms with E-state index in [-0.39, 0.29) is 11.9 Å². The smallest absolute Gasteiger partial charge is 0.341 e. The SMILES string of the molecule is CCOC(=O)c1c(NC(=O)[C@@H]2CCCO2)sc2c1CCCCC2. The largest absolute Gasteiger partial charge is 0.462 e. The maximum absolute atomic E-state index is 12.4. The van der Waals surface area contributed by atoms with Crippen LogP contribution in [0.1, 0.15) is 59.8 Å². The molecule has 1 aromatic rings. The second-order valence-corrected chi connectivity index (χ2v) is 7.09. The molecule has 0 radical (unpaired) electrons. The van der Waals surface area contributed by atoms with Gasteiger partial charge in [-0.2, -0.15) is 0 Å². The Morgan fingerprint density at radius 2 is 2.09 bits per heavy atom. The minimum Gasteiger partial charge on any atom is -0.462 e. The van der Waals surface area contributed by atoms with E-state index >= 15 is 0 Å². The second-order valence-electron chi connectivity index (χ2n) is 5.98. The Hall–Kier alpha value is -1.40. The van der Waals surface area contributed by atoms with Crippen molar-refractivity contribution in [3.63, 3.8) is 0 Å². The van der Waals surface area contributed by atoms with E-state index in [0.717, 1.165) is 44.1 Å². The number of anilines is 1. The van der Waals surface area contributed by atoms with Crippen molar-refractivity contribution in [3.8, 4) is 0 Å². The van der Waals surface area contributed by atoms with Gasteiger partial charge in [0.15, 0.2) is 0 Å². The van der Waals surface area contributed by atoms with Crippen LogP contribution >= 0.6 is 11.3 Å². The van der Waals surface area contributed by atoms with Crippen LogP contribution in [0.3, 0.4) is 0 Å². The summed E-state index contributed by atoms with van der Waals surface area (Å²) in [5, 5.41) is 3.56. The number of hydrogen-bond acceptors (Lipinski definition) is 5. The predicted octanol–water partition coefficient (Wildman–Crippen LogP) is 3.31. The van der Waals surface area contributed by atoms with Crippen LogP contribution in [0.5, 0.6) is 0 Å². The van der Waals surface area contributed by atoms with Gasteiger partial charge in [0, 0.05) is 11.5 Å². The number of thiophene rings is 1. The Kier molecular flexibility index (Phi) is 5.33. The molecule has 1 fully saturated rings. The molecule has 0 saturated carbocycles. The van der Waals surface area contributed by atoms with E-state index in [4.69, 9.17) is 9.47 Å². The molecule has 0 unspecified atom stereocenters. The Balaban J connectivity index is 1.88. The van der Waals surface area contributed by atoms with E-state index in [1.807, 2.05) is 0 Å². The summed E-state index contributed by atoms with van der Waals surface area (Å²) in [6, 6.07) is 0. The van der Waals surface area contributed by atoms with Crippen LogP contribution in [0, 0.1) is 0 Å². The average Bonchev–Trinajstić information content (AvgIpc) is 3.11. The molecular weight excluding hydrogens is 314 g/mol. The number of carbonyl (C=O) groups is 2. The molecule has 2 heterocycles. The Morgan fingerprint density at radius 3 is 2.83 bits per heavy atom. The maximum Gasteiger partial charge on any atom is 0.341 e. The Morgan fingerprint density at radius 1 is 1.26 bits per heavy atom. The van der Waals surface area contributed by atoms with Crippen molar-refractivity contribution in [1.82, 2.24) is 0 Å². The van der Waals surface area contributed by atoms with Crippen LogP contribution in [0.2, 0.25) is 0 Å². The molecule has 1 aliphatic carbocycles. The van der Waals surface area contributed by atoms with Gasteiger partial charge in [-0.15, -0.1) is 11.3 Å². The lowest BCUT2D eigenvalue weighted by molar-refractivity contribution is -0.124. The van der Waals surface area contributed by atoms with Crippen LogP contribution in [-0.2, 0) is 27.1 Å². The summed E-state index contributed by atoms with van der Waals surface area (Å²) in [7, 11) is 0. The van der Waals surface area contributed by atoms with Gasteiger partial charge in [0.25, 0.3) is 5.91 Å². The fraction of sp³-hybridized carbons (Fsp3) is 0.647. The van der Waals surface area contributed by atoms with Crippen molar-refractivity contribution in [2.45, 2.75) is 58.0 Å². The molecule has 1 saturated heterocycles. The zero-order chi connectivity index (χ0) is 16.2. The first kappa shape index (κ1) is 16.5. The molecule has 0 bridgehead atoms. The molecule has 3 rings (SSSR count). The molecule has 1 amide bonds. The number of carbonyl (C=O) groups excluding carboxylic acids is 2. The number of hydrogen-bond donors (Lipinski definition) is 1. The van der Waals surface area contributed by atoms with E-state index in [2.05, 4.69) is 5.32 Å². The molecule has 1 aliphatic heterocycles. The normalized spacial score (nSPS) is 20.7. The molecule has 6 heteroatoms. The molecule has 1 N–H and O–H groups in total. The van der Waals surface area contributed by atoms with Gasteiger partial charge < -0.3 is 14.8 Å². The lowest BCUT2D eigenvalue weighted by atomic mass is 10.1. The highest BCUT2D eigenvalue weighted by atomic mass is 32.1. The number of fused-ring (bicyclic) bond motifs is 1. The average molecular weight is 337 g/mol. The van der Waals surface area contributed by atoms with Crippen molar-refractivity contribution in [3.05, 3.63) is 16.0 Å². The monoisotopic (exact) mass is 337 g/mol. The van der Waals surface area contributed by atoms with E-state index < -0.39 is 6.10 Å². The highest BCUT2D eigenvalue weighted by molar-refractivity contribution is 7.17. The molecule has 1 atom stereocenters. The summed E-state index contributed by atoms with van der Waals surface area (Å²) < 4.78 is 10.7. The van der Waals surface area contributed by atoms with Gasteiger partial charge >= 0.3 is 5.97 Å². The zero-order valence-electron chi connectivity index (χ0n) is 13.5. The lowest BCUT2D eigenvalue weighted by Gasteiger charge is -2.11. The van der Waals surface area contributed by atoms with E-state index in [0.29, 0.717) is 23.8 Å². The number of rotatable bonds is 4. The van der Waals surface area contributed by atoms with Crippen molar-refractivity contribution in [2.75, 3.05) is 18.5 Å². The number of ether oxygens (including phenoxy) is 2. The summed E-state index contributed by atoms with van der Waals surface area (Å²) in [6.45, 7) is 2.76. The third kappa shape index (κ3) is 3.58. The molecule has 5 nitrogen and oxygen atoms in total. The predicted molar refractivity (Wildman–Crippen MR) is 89.1 cm³/mol. The van der Waals surface area contributed by atoms with Crippen LogP contribution < -0.4 is 5.32 Å². The van der Waals surface area contributed by atoms with E-state index in [1.165, 1.54) is 22.6 Å². The fourth-order valence-corrected chi connectivity index (χ4v) is 4.51. The van der Waals surface area contributed by atoms with Gasteiger partial charge in [0.1, 0.15) is 11.1 Å². The molecule has 126 valence electrons. The first-order valence-corrected chi connectivity index (χ1v) is 9.26. The third-order valence-corrected chi connectivity index (χ3v) is 5.57. The second kappa shape index (κ2) is 7.45. The third-order valence-electron chi connectivity index (χ3n) is 4.36. The standard InChI is InChI=1S/C17H23NO4S/c1-2-21-17(20)14-11-7-4-3-5-9-13(11)23-16(14)18-15(19)12-8-6-10-22-12/h12H,2-10H2,1H3,(H,18,19)/t12-/m0/s1. The van der Waals surface area contributed by atoms with Crippen molar-refractivity contribution >= 4 is 28.2 Å². The number of nitrogens with one attached hydrogen (secondary N) is 1. The topological polar surface area (TPSA) is 64.6 Å². The fourth-order valence-electron chi connectivity index (χ4n) is 3.23. The summed E-state index contributed by atoms with van der Waals surface area (Å²) in [5.41, 5.74) is 1.65. The summed E-state index contributed by atoms with van der Waals surface area (Å²) in [6.07, 6.45) is 6.51. The minimum absolute atomic E-state index is 0.149. The van der Waals surface area contributed by atoms with Gasteiger partial charge in [0.05, 0.1) is 12.2 Å². The molecular formula is C17H23NO4S. The minimum atomic E-state index is -0.396. The van der Waals surface area contributed by atoms with Gasteiger partial charge in [-0.05, 0) is 51.0 Å². The van der Waals surface area contributed by atoms with Gasteiger partial charge in [-0.1, -0.05) is 6.42 Å². The number of esters is 1. The van der Waals surface area contributed by atoms with Crippen molar-refractivity contribution < 1.29 is 19.1 Å². The molecule has 23 heavy (non-hydrogen) atoms. The summed E-state index contributed by atoms with van der Waals surface area (Å²) in [5.74, 6) is -0.473. The highest BCUT2D eigenvalue weighted by Crippen LogP contribution is 2.38. The van der Waals surface area contributed by atoms with E-state index in [9.17, 15) is 9.59 Å². The van der Waals surface area contributed by atoms with Crippen LogP contribution in [0.4, 0.5) is 5.00 Å². The van der Waals surface area contributed by atoms with Gasteiger partial charge in [-0.25, -0.2) is 4.79 Å². The number of aryl methyl sites for hydroxylation is 1. The van der Waals surface area contributed by atoms with Crippen molar-refractivity contribution in [1.29, 1.82) is 0 Å². The molecule has 0 aromatic carbocycles. The first-order valence-electron chi connectivity index (χ1n) is 8.44. The van der Waals surface area contributed by atoms with Crippen LogP contribution in [-0.4, -0.2) is 31.2 Å². The van der Waals surface area contributed by atoms with Gasteiger partial charge in [0.2, 0.25) is 0 Å². The Labute approximate surface area is 140 Å². The van der Waals surface area contributed by atoms with E-state index in [1.54, 1.807) is 6.92 Å². The summed E-state index contributed by atoms with van der Waals surface area (Å²) in [4.78, 5) is 26.0. The van der Waals surface area contributed by atoms with Crippen molar-refractivity contribution in [2.24, 2.45) is 0 Å². The number of amides is 1. The maximum atomic E-state index is 12.4. The zero-order valence-corrected chi connectivity index (χ0v) is 14.3. The Bertz CT molecular complexity index is 590. The molecule has 1 aromatic heterocycles. The first-order chi connectivity index (χ1) is 11.2. The quantitative estimate of drug-likeness (QED) is 0.676. The van der Waals surface area contributed by atoms with Gasteiger partial charge in [-0.3, -0.25) is 4.79 Å².